The minimum Gasteiger partial charge on any atom is -0.388 e. The number of aliphatic hydroxyl groups is 1. The van der Waals surface area contributed by atoms with Crippen molar-refractivity contribution in [2.45, 2.75) is 12.5 Å². The van der Waals surface area contributed by atoms with Crippen molar-refractivity contribution in [2.24, 2.45) is 0 Å². The van der Waals surface area contributed by atoms with Gasteiger partial charge in [0, 0.05) is 20.4 Å². The lowest BCUT2D eigenvalue weighted by Crippen LogP contribution is -2.02. The molecule has 0 aliphatic carbocycles. The quantitative estimate of drug-likeness (QED) is 0.769. The molecule has 1 N–H and O–H groups in total. The van der Waals surface area contributed by atoms with Crippen LogP contribution in [-0.4, -0.2) is 5.11 Å². The molecule has 0 amide bonds. The largest absolute Gasteiger partial charge is 0.388 e. The van der Waals surface area contributed by atoms with E-state index in [2.05, 4.69) is 31.9 Å². The second kappa shape index (κ2) is 6.20. The summed E-state index contributed by atoms with van der Waals surface area (Å²) in [4.78, 5) is 0. The fraction of sp³-hybridized carbons (Fsp3) is 0.143. The van der Waals surface area contributed by atoms with Crippen molar-refractivity contribution in [3.63, 3.8) is 0 Å². The van der Waals surface area contributed by atoms with Crippen LogP contribution >= 0.6 is 43.5 Å². The van der Waals surface area contributed by atoms with Crippen LogP contribution in [0.4, 0.5) is 0 Å². The predicted octanol–water partition coefficient (Wildman–Crippen LogP) is 5.14. The van der Waals surface area contributed by atoms with E-state index in [1.807, 2.05) is 30.3 Å². The number of hydrogen-bond acceptors (Lipinski definition) is 1. The molecular weight excluding hydrogens is 379 g/mol. The summed E-state index contributed by atoms with van der Waals surface area (Å²) in [6.45, 7) is 0. The number of rotatable bonds is 3. The zero-order chi connectivity index (χ0) is 13.1. The van der Waals surface area contributed by atoms with Gasteiger partial charge in [0.05, 0.1) is 6.10 Å². The average molecular weight is 391 g/mol. The number of hydrogen-bond donors (Lipinski definition) is 1. The fourth-order valence-electron chi connectivity index (χ4n) is 1.77. The fourth-order valence-corrected chi connectivity index (χ4v) is 2.91. The zero-order valence-corrected chi connectivity index (χ0v) is 13.3. The molecule has 0 saturated carbocycles. The van der Waals surface area contributed by atoms with Crippen LogP contribution in [0.15, 0.2) is 51.4 Å². The Balaban J connectivity index is 2.21. The molecule has 2 aromatic rings. The molecule has 0 saturated heterocycles. The first kappa shape index (κ1) is 14.1. The molecule has 0 aliphatic rings. The topological polar surface area (TPSA) is 20.2 Å². The van der Waals surface area contributed by atoms with Crippen LogP contribution in [-0.2, 0) is 6.42 Å². The summed E-state index contributed by atoms with van der Waals surface area (Å²) in [7, 11) is 0. The van der Waals surface area contributed by atoms with Gasteiger partial charge < -0.3 is 5.11 Å². The number of aliphatic hydroxyl groups excluding tert-OH is 1. The van der Waals surface area contributed by atoms with E-state index in [9.17, 15) is 5.11 Å². The van der Waals surface area contributed by atoms with Crippen LogP contribution < -0.4 is 0 Å². The van der Waals surface area contributed by atoms with Gasteiger partial charge in [0.1, 0.15) is 0 Å². The zero-order valence-electron chi connectivity index (χ0n) is 9.41. The molecule has 0 aromatic heterocycles. The van der Waals surface area contributed by atoms with Gasteiger partial charge in [-0.2, -0.15) is 0 Å². The first-order valence-corrected chi connectivity index (χ1v) is 7.40. The second-order valence-corrected chi connectivity index (χ2v) is 6.22. The Hall–Kier alpha value is -0.350. The highest BCUT2D eigenvalue weighted by atomic mass is 79.9. The summed E-state index contributed by atoms with van der Waals surface area (Å²) in [5, 5.41) is 10.9. The van der Waals surface area contributed by atoms with Gasteiger partial charge >= 0.3 is 0 Å². The van der Waals surface area contributed by atoms with Crippen molar-refractivity contribution in [2.75, 3.05) is 0 Å². The summed E-state index contributed by atoms with van der Waals surface area (Å²) in [6.07, 6.45) is -0.0226. The van der Waals surface area contributed by atoms with E-state index in [1.54, 1.807) is 12.1 Å². The Bertz CT molecular complexity index is 557. The van der Waals surface area contributed by atoms with Crippen LogP contribution in [0.1, 0.15) is 17.2 Å². The maximum absolute atomic E-state index is 10.3. The second-order valence-electron chi connectivity index (χ2n) is 4.02. The lowest BCUT2D eigenvalue weighted by molar-refractivity contribution is 0.177. The number of halogens is 3. The van der Waals surface area contributed by atoms with E-state index in [4.69, 9.17) is 11.6 Å². The van der Waals surface area contributed by atoms with Crippen molar-refractivity contribution in [3.05, 3.63) is 67.6 Å². The summed E-state index contributed by atoms with van der Waals surface area (Å²) >= 11 is 12.8. The molecule has 0 spiro atoms. The highest BCUT2D eigenvalue weighted by molar-refractivity contribution is 9.10. The molecule has 18 heavy (non-hydrogen) atoms. The van der Waals surface area contributed by atoms with Gasteiger partial charge in [-0.05, 0) is 41.5 Å². The van der Waals surface area contributed by atoms with Crippen LogP contribution in [0.25, 0.3) is 0 Å². The van der Waals surface area contributed by atoms with Crippen molar-refractivity contribution in [3.8, 4) is 0 Å². The molecule has 1 nitrogen and oxygen atoms in total. The van der Waals surface area contributed by atoms with Crippen molar-refractivity contribution < 1.29 is 5.11 Å². The van der Waals surface area contributed by atoms with Gasteiger partial charge in [-0.1, -0.05) is 55.6 Å². The third kappa shape index (κ3) is 3.58. The van der Waals surface area contributed by atoms with Gasteiger partial charge in [0.2, 0.25) is 0 Å². The average Bonchev–Trinajstić information content (AvgIpc) is 2.32. The molecule has 94 valence electrons. The van der Waals surface area contributed by atoms with Crippen LogP contribution in [0.5, 0.6) is 0 Å². The van der Waals surface area contributed by atoms with E-state index in [0.717, 1.165) is 20.1 Å². The highest BCUT2D eigenvalue weighted by Crippen LogP contribution is 2.29. The molecule has 0 heterocycles. The minimum absolute atomic E-state index is 0.554. The van der Waals surface area contributed by atoms with E-state index < -0.39 is 6.10 Å². The Morgan fingerprint density at radius 2 is 1.89 bits per heavy atom. The first-order chi connectivity index (χ1) is 8.56. The van der Waals surface area contributed by atoms with E-state index in [1.165, 1.54) is 0 Å². The summed E-state index contributed by atoms with van der Waals surface area (Å²) in [6, 6.07) is 13.3. The van der Waals surface area contributed by atoms with Gasteiger partial charge in [0.25, 0.3) is 0 Å². The van der Waals surface area contributed by atoms with Crippen LogP contribution in [0.3, 0.4) is 0 Å². The molecule has 2 aromatic carbocycles. The summed E-state index contributed by atoms with van der Waals surface area (Å²) in [5.41, 5.74) is 1.88. The third-order valence-corrected chi connectivity index (χ3v) is 4.09. The lowest BCUT2D eigenvalue weighted by atomic mass is 10.0. The van der Waals surface area contributed by atoms with Crippen LogP contribution in [0.2, 0.25) is 5.02 Å². The molecule has 4 heteroatoms. The van der Waals surface area contributed by atoms with Crippen molar-refractivity contribution >= 4 is 43.5 Å². The molecule has 0 aliphatic heterocycles. The molecule has 0 bridgehead atoms. The molecule has 1 atom stereocenters. The molecule has 2 rings (SSSR count). The number of benzene rings is 2. The lowest BCUT2D eigenvalue weighted by Gasteiger charge is -2.13. The van der Waals surface area contributed by atoms with Crippen molar-refractivity contribution in [1.29, 1.82) is 0 Å². The van der Waals surface area contributed by atoms with Gasteiger partial charge in [-0.25, -0.2) is 0 Å². The van der Waals surface area contributed by atoms with Gasteiger partial charge in [0.15, 0.2) is 0 Å². The van der Waals surface area contributed by atoms with E-state index in [-0.39, 0.29) is 0 Å². The molecule has 0 fully saturated rings. The Kier molecular flexibility index (Phi) is 4.84. The summed E-state index contributed by atoms with van der Waals surface area (Å²) in [5.74, 6) is 0. The van der Waals surface area contributed by atoms with Gasteiger partial charge in [-0.15, -0.1) is 0 Å². The Morgan fingerprint density at radius 3 is 2.61 bits per heavy atom. The molecule has 1 unspecified atom stereocenters. The highest BCUT2D eigenvalue weighted by Gasteiger charge is 2.12. The normalized spacial score (nSPS) is 12.4. The third-order valence-electron chi connectivity index (χ3n) is 2.64. The maximum atomic E-state index is 10.3. The SMILES string of the molecule is OC(Cc1cccc(Br)c1)c1cc(Cl)ccc1Br. The Labute approximate surface area is 128 Å². The van der Waals surface area contributed by atoms with E-state index >= 15 is 0 Å². The predicted molar refractivity (Wildman–Crippen MR) is 82.0 cm³/mol. The van der Waals surface area contributed by atoms with Crippen LogP contribution in [0, 0.1) is 0 Å². The summed E-state index contributed by atoms with van der Waals surface area (Å²) < 4.78 is 1.88. The standard InChI is InChI=1S/C14H11Br2ClO/c15-10-3-1-2-9(6-10)7-14(18)12-8-11(17)4-5-13(12)16/h1-6,8,14,18H,7H2. The van der Waals surface area contributed by atoms with Gasteiger partial charge in [-0.3, -0.25) is 0 Å². The monoisotopic (exact) mass is 388 g/mol. The Morgan fingerprint density at radius 1 is 1.11 bits per heavy atom. The first-order valence-electron chi connectivity index (χ1n) is 5.44. The molecular formula is C14H11Br2ClO. The minimum atomic E-state index is -0.577. The molecule has 0 radical (unpaired) electrons. The van der Waals surface area contributed by atoms with Crippen molar-refractivity contribution in [1.82, 2.24) is 0 Å². The smallest absolute Gasteiger partial charge is 0.0841 e. The maximum Gasteiger partial charge on any atom is 0.0841 e. The van der Waals surface area contributed by atoms with E-state index in [0.29, 0.717) is 11.4 Å².